The average Bonchev–Trinajstić information content (AvgIpc) is 2.61. The Hall–Kier alpha value is -1.83. The SMILES string of the molecule is CCCCCCCCCCc1c(-c2ccccc2C)ccn(C)c1=O. The third-order valence-corrected chi connectivity index (χ3v) is 5.08. The molecular formula is C23H33NO. The van der Waals surface area contributed by atoms with Crippen molar-refractivity contribution in [2.75, 3.05) is 0 Å². The van der Waals surface area contributed by atoms with Gasteiger partial charge < -0.3 is 4.57 Å². The largest absolute Gasteiger partial charge is 0.318 e. The highest BCUT2D eigenvalue weighted by molar-refractivity contribution is 5.70. The molecule has 0 fully saturated rings. The van der Waals surface area contributed by atoms with Crippen molar-refractivity contribution < 1.29 is 0 Å². The maximum Gasteiger partial charge on any atom is 0.254 e. The molecule has 0 saturated carbocycles. The molecule has 0 bridgehead atoms. The lowest BCUT2D eigenvalue weighted by molar-refractivity contribution is 0.574. The zero-order valence-corrected chi connectivity index (χ0v) is 16.2. The van der Waals surface area contributed by atoms with Crippen molar-refractivity contribution >= 4 is 0 Å². The molecule has 0 saturated heterocycles. The van der Waals surface area contributed by atoms with Gasteiger partial charge in [-0.25, -0.2) is 0 Å². The van der Waals surface area contributed by atoms with Crippen LogP contribution in [0.4, 0.5) is 0 Å². The van der Waals surface area contributed by atoms with Gasteiger partial charge in [0.15, 0.2) is 0 Å². The molecule has 0 N–H and O–H groups in total. The van der Waals surface area contributed by atoms with Gasteiger partial charge in [-0.15, -0.1) is 0 Å². The summed E-state index contributed by atoms with van der Waals surface area (Å²) in [7, 11) is 1.85. The van der Waals surface area contributed by atoms with Crippen molar-refractivity contribution in [2.45, 2.75) is 71.6 Å². The second kappa shape index (κ2) is 10.2. The van der Waals surface area contributed by atoms with Gasteiger partial charge in [0.05, 0.1) is 0 Å². The predicted octanol–water partition coefficient (Wildman–Crippen LogP) is 6.04. The minimum absolute atomic E-state index is 0.156. The molecule has 0 atom stereocenters. The Morgan fingerprint density at radius 1 is 0.840 bits per heavy atom. The number of rotatable bonds is 10. The molecule has 0 aliphatic carbocycles. The smallest absolute Gasteiger partial charge is 0.254 e. The summed E-state index contributed by atoms with van der Waals surface area (Å²) in [4.78, 5) is 12.7. The fraction of sp³-hybridized carbons (Fsp3) is 0.522. The van der Waals surface area contributed by atoms with Crippen molar-refractivity contribution in [3.63, 3.8) is 0 Å². The summed E-state index contributed by atoms with van der Waals surface area (Å²) in [6.45, 7) is 4.37. The Morgan fingerprint density at radius 2 is 1.48 bits per heavy atom. The number of nitrogens with zero attached hydrogens (tertiary/aromatic N) is 1. The first-order chi connectivity index (χ1) is 12.1. The lowest BCUT2D eigenvalue weighted by Crippen LogP contribution is -2.21. The summed E-state index contributed by atoms with van der Waals surface area (Å²) in [6, 6.07) is 10.5. The summed E-state index contributed by atoms with van der Waals surface area (Å²) < 4.78 is 1.71. The Kier molecular flexibility index (Phi) is 7.97. The third-order valence-electron chi connectivity index (χ3n) is 5.08. The quantitative estimate of drug-likeness (QED) is 0.483. The van der Waals surface area contributed by atoms with Gasteiger partial charge in [-0.1, -0.05) is 76.1 Å². The minimum Gasteiger partial charge on any atom is -0.318 e. The molecule has 1 heterocycles. The van der Waals surface area contributed by atoms with Crippen LogP contribution in [0, 0.1) is 6.92 Å². The maximum atomic E-state index is 12.7. The lowest BCUT2D eigenvalue weighted by atomic mass is 9.94. The Labute approximate surface area is 152 Å². The van der Waals surface area contributed by atoms with Crippen molar-refractivity contribution in [1.82, 2.24) is 4.57 Å². The zero-order valence-electron chi connectivity index (χ0n) is 16.2. The summed E-state index contributed by atoms with van der Waals surface area (Å²) in [6.07, 6.45) is 13.1. The molecule has 2 aromatic rings. The van der Waals surface area contributed by atoms with Gasteiger partial charge in [0.2, 0.25) is 0 Å². The number of hydrogen-bond donors (Lipinski definition) is 0. The molecule has 0 unspecified atom stereocenters. The standard InChI is InChI=1S/C23H33NO/c1-4-5-6-7-8-9-10-11-16-22-21(17-18-24(3)23(22)25)20-15-13-12-14-19(20)2/h12-15,17-18H,4-11,16H2,1-3H3. The van der Waals surface area contributed by atoms with Crippen LogP contribution in [0.1, 0.15) is 69.4 Å². The van der Waals surface area contributed by atoms with Gasteiger partial charge in [0.25, 0.3) is 5.56 Å². The van der Waals surface area contributed by atoms with Crippen LogP contribution in [-0.2, 0) is 13.5 Å². The monoisotopic (exact) mass is 339 g/mol. The Bertz CT molecular complexity index is 714. The predicted molar refractivity (Wildman–Crippen MR) is 108 cm³/mol. The number of hydrogen-bond acceptors (Lipinski definition) is 1. The van der Waals surface area contributed by atoms with Crippen LogP contribution in [0.3, 0.4) is 0 Å². The zero-order chi connectivity index (χ0) is 18.1. The summed E-state index contributed by atoms with van der Waals surface area (Å²) in [5, 5.41) is 0. The Morgan fingerprint density at radius 3 is 2.16 bits per heavy atom. The minimum atomic E-state index is 0.156. The molecule has 0 amide bonds. The topological polar surface area (TPSA) is 22.0 Å². The normalized spacial score (nSPS) is 11.0. The van der Waals surface area contributed by atoms with Crippen molar-refractivity contribution in [1.29, 1.82) is 0 Å². The fourth-order valence-electron chi connectivity index (χ4n) is 3.49. The molecule has 0 aliphatic rings. The van der Waals surface area contributed by atoms with Crippen LogP contribution in [0.5, 0.6) is 0 Å². The van der Waals surface area contributed by atoms with Crippen molar-refractivity contribution in [3.8, 4) is 11.1 Å². The van der Waals surface area contributed by atoms with E-state index in [-0.39, 0.29) is 5.56 Å². The van der Waals surface area contributed by atoms with E-state index in [1.54, 1.807) is 4.57 Å². The molecule has 0 radical (unpaired) electrons. The van der Waals surface area contributed by atoms with Gasteiger partial charge in [-0.3, -0.25) is 4.79 Å². The van der Waals surface area contributed by atoms with Crippen LogP contribution in [0.15, 0.2) is 41.3 Å². The van der Waals surface area contributed by atoms with Gasteiger partial charge in [0, 0.05) is 18.8 Å². The molecule has 1 aromatic carbocycles. The highest BCUT2D eigenvalue weighted by Crippen LogP contribution is 2.26. The number of aromatic nitrogens is 1. The molecule has 1 aromatic heterocycles. The second-order valence-electron chi connectivity index (χ2n) is 7.16. The van der Waals surface area contributed by atoms with E-state index in [1.165, 1.54) is 56.1 Å². The van der Waals surface area contributed by atoms with Gasteiger partial charge in [0.1, 0.15) is 0 Å². The van der Waals surface area contributed by atoms with Crippen molar-refractivity contribution in [3.05, 3.63) is 58.0 Å². The highest BCUT2D eigenvalue weighted by Gasteiger charge is 2.12. The van der Waals surface area contributed by atoms with E-state index in [9.17, 15) is 4.79 Å². The van der Waals surface area contributed by atoms with E-state index in [0.29, 0.717) is 0 Å². The van der Waals surface area contributed by atoms with E-state index in [1.807, 2.05) is 13.2 Å². The number of aryl methyl sites for hydroxylation is 2. The van der Waals surface area contributed by atoms with E-state index >= 15 is 0 Å². The fourth-order valence-corrected chi connectivity index (χ4v) is 3.49. The first-order valence-corrected chi connectivity index (χ1v) is 9.89. The number of pyridine rings is 1. The maximum absolute atomic E-state index is 12.7. The van der Waals surface area contributed by atoms with Crippen LogP contribution < -0.4 is 5.56 Å². The summed E-state index contributed by atoms with van der Waals surface area (Å²) in [5.41, 5.74) is 4.67. The van der Waals surface area contributed by atoms with Gasteiger partial charge in [-0.05, 0) is 42.5 Å². The molecule has 2 rings (SSSR count). The second-order valence-corrected chi connectivity index (χ2v) is 7.16. The van der Waals surface area contributed by atoms with E-state index in [2.05, 4.69) is 44.2 Å². The van der Waals surface area contributed by atoms with Crippen LogP contribution >= 0.6 is 0 Å². The van der Waals surface area contributed by atoms with E-state index in [4.69, 9.17) is 0 Å². The lowest BCUT2D eigenvalue weighted by Gasteiger charge is -2.13. The first kappa shape index (κ1) is 19.5. The molecule has 2 nitrogen and oxygen atoms in total. The Balaban J connectivity index is 2.01. The van der Waals surface area contributed by atoms with Gasteiger partial charge >= 0.3 is 0 Å². The number of benzene rings is 1. The summed E-state index contributed by atoms with van der Waals surface area (Å²) >= 11 is 0. The summed E-state index contributed by atoms with van der Waals surface area (Å²) in [5.74, 6) is 0. The van der Waals surface area contributed by atoms with E-state index < -0.39 is 0 Å². The van der Waals surface area contributed by atoms with Crippen LogP contribution in [0.25, 0.3) is 11.1 Å². The molecule has 0 spiro atoms. The highest BCUT2D eigenvalue weighted by atomic mass is 16.1. The molecule has 136 valence electrons. The van der Waals surface area contributed by atoms with Gasteiger partial charge in [-0.2, -0.15) is 0 Å². The third kappa shape index (κ3) is 5.59. The molecule has 0 aliphatic heterocycles. The van der Waals surface area contributed by atoms with Crippen LogP contribution in [-0.4, -0.2) is 4.57 Å². The average molecular weight is 340 g/mol. The molecule has 25 heavy (non-hydrogen) atoms. The van der Waals surface area contributed by atoms with Crippen LogP contribution in [0.2, 0.25) is 0 Å². The van der Waals surface area contributed by atoms with Crippen molar-refractivity contribution in [2.24, 2.45) is 7.05 Å². The van der Waals surface area contributed by atoms with E-state index in [0.717, 1.165) is 24.0 Å². The molecule has 2 heteroatoms. The first-order valence-electron chi connectivity index (χ1n) is 9.89. The molecular weight excluding hydrogens is 306 g/mol. The number of unbranched alkanes of at least 4 members (excludes halogenated alkanes) is 7.